The number of nitrogens with two attached hydrogens (primary N) is 1. The smallest absolute Gasteiger partial charge is 0.259 e. The standard InChI is InChI=1S/C8H15ClN4O2S/c1-3-6(10)4-12-16(14,15)8-7(9)5-11-13(8)2/h5-6,12H,3-4,10H2,1-2H3. The summed E-state index contributed by atoms with van der Waals surface area (Å²) in [7, 11) is -2.13. The van der Waals surface area contributed by atoms with Crippen molar-refractivity contribution in [1.29, 1.82) is 0 Å². The second kappa shape index (κ2) is 5.13. The van der Waals surface area contributed by atoms with Crippen molar-refractivity contribution in [1.82, 2.24) is 14.5 Å². The number of halogens is 1. The van der Waals surface area contributed by atoms with Gasteiger partial charge in [-0.1, -0.05) is 18.5 Å². The van der Waals surface area contributed by atoms with Gasteiger partial charge in [0, 0.05) is 19.6 Å². The maximum Gasteiger partial charge on any atom is 0.259 e. The highest BCUT2D eigenvalue weighted by Gasteiger charge is 2.22. The van der Waals surface area contributed by atoms with Gasteiger partial charge < -0.3 is 5.73 Å². The molecular weight excluding hydrogens is 252 g/mol. The average Bonchev–Trinajstić information content (AvgIpc) is 2.55. The summed E-state index contributed by atoms with van der Waals surface area (Å²) in [5, 5.41) is 3.82. The van der Waals surface area contributed by atoms with E-state index in [9.17, 15) is 8.42 Å². The summed E-state index contributed by atoms with van der Waals surface area (Å²) in [6.07, 6.45) is 1.98. The Labute approximate surface area is 99.8 Å². The summed E-state index contributed by atoms with van der Waals surface area (Å²) in [5.74, 6) is 0. The third-order valence-electron chi connectivity index (χ3n) is 2.16. The molecule has 0 bridgehead atoms. The molecule has 0 aliphatic rings. The van der Waals surface area contributed by atoms with Crippen molar-refractivity contribution < 1.29 is 8.42 Å². The summed E-state index contributed by atoms with van der Waals surface area (Å²) in [5.41, 5.74) is 5.63. The Kier molecular flexibility index (Phi) is 4.31. The first-order valence-corrected chi connectivity index (χ1v) is 6.67. The van der Waals surface area contributed by atoms with Crippen LogP contribution in [-0.4, -0.2) is 30.8 Å². The predicted octanol–water partition coefficient (Wildman–Crippen LogP) is 0.0891. The van der Waals surface area contributed by atoms with Gasteiger partial charge >= 0.3 is 0 Å². The minimum atomic E-state index is -3.64. The molecule has 92 valence electrons. The second-order valence-corrected chi connectivity index (χ2v) is 5.53. The van der Waals surface area contributed by atoms with Crippen LogP contribution in [0.25, 0.3) is 0 Å². The monoisotopic (exact) mass is 266 g/mol. The number of hydrogen-bond acceptors (Lipinski definition) is 4. The van der Waals surface area contributed by atoms with E-state index in [4.69, 9.17) is 17.3 Å². The maximum atomic E-state index is 11.8. The molecule has 16 heavy (non-hydrogen) atoms. The van der Waals surface area contributed by atoms with Crippen LogP contribution in [0.3, 0.4) is 0 Å². The van der Waals surface area contributed by atoms with E-state index in [1.165, 1.54) is 17.9 Å². The van der Waals surface area contributed by atoms with E-state index in [0.717, 1.165) is 0 Å². The molecule has 0 aromatic carbocycles. The van der Waals surface area contributed by atoms with E-state index < -0.39 is 10.0 Å². The van der Waals surface area contributed by atoms with Gasteiger partial charge in [0.2, 0.25) is 0 Å². The van der Waals surface area contributed by atoms with Crippen molar-refractivity contribution in [3.05, 3.63) is 11.2 Å². The van der Waals surface area contributed by atoms with Crippen LogP contribution in [0.1, 0.15) is 13.3 Å². The molecule has 8 heteroatoms. The molecule has 1 atom stereocenters. The van der Waals surface area contributed by atoms with Crippen molar-refractivity contribution in [3.63, 3.8) is 0 Å². The van der Waals surface area contributed by atoms with Gasteiger partial charge in [0.15, 0.2) is 5.03 Å². The number of nitrogens with zero attached hydrogens (tertiary/aromatic N) is 2. The second-order valence-electron chi connectivity index (χ2n) is 3.44. The molecule has 0 saturated carbocycles. The van der Waals surface area contributed by atoms with Gasteiger partial charge in [-0.05, 0) is 6.42 Å². The van der Waals surface area contributed by atoms with Crippen molar-refractivity contribution in [2.75, 3.05) is 6.54 Å². The molecule has 0 amide bonds. The quantitative estimate of drug-likeness (QED) is 0.790. The van der Waals surface area contributed by atoms with Crippen molar-refractivity contribution in [2.24, 2.45) is 12.8 Å². The van der Waals surface area contributed by atoms with Crippen molar-refractivity contribution in [3.8, 4) is 0 Å². The van der Waals surface area contributed by atoms with Crippen LogP contribution in [0.4, 0.5) is 0 Å². The number of hydrogen-bond donors (Lipinski definition) is 2. The molecule has 1 aromatic rings. The summed E-state index contributed by atoms with van der Waals surface area (Å²) in [4.78, 5) is 0. The topological polar surface area (TPSA) is 90.0 Å². The molecule has 6 nitrogen and oxygen atoms in total. The van der Waals surface area contributed by atoms with Crippen LogP contribution < -0.4 is 10.5 Å². The van der Waals surface area contributed by atoms with Crippen molar-refractivity contribution >= 4 is 21.6 Å². The van der Waals surface area contributed by atoms with Crippen LogP contribution >= 0.6 is 11.6 Å². The van der Waals surface area contributed by atoms with Crippen LogP contribution in [0, 0.1) is 0 Å². The fraction of sp³-hybridized carbons (Fsp3) is 0.625. The van der Waals surface area contributed by atoms with Crippen LogP contribution in [-0.2, 0) is 17.1 Å². The van der Waals surface area contributed by atoms with Gasteiger partial charge in [0.25, 0.3) is 10.0 Å². The Balaban J connectivity index is 2.87. The van der Waals surface area contributed by atoms with Gasteiger partial charge in [-0.2, -0.15) is 5.10 Å². The fourth-order valence-electron chi connectivity index (χ4n) is 1.13. The zero-order chi connectivity index (χ0) is 12.3. The van der Waals surface area contributed by atoms with Gasteiger partial charge in [-0.3, -0.25) is 4.68 Å². The van der Waals surface area contributed by atoms with E-state index in [1.807, 2.05) is 6.92 Å². The zero-order valence-electron chi connectivity index (χ0n) is 9.14. The van der Waals surface area contributed by atoms with Gasteiger partial charge in [-0.25, -0.2) is 13.1 Å². The van der Waals surface area contributed by atoms with E-state index in [-0.39, 0.29) is 22.6 Å². The van der Waals surface area contributed by atoms with Gasteiger partial charge in [-0.15, -0.1) is 0 Å². The number of sulfonamides is 1. The molecule has 0 radical (unpaired) electrons. The number of aryl methyl sites for hydroxylation is 1. The number of rotatable bonds is 5. The Morgan fingerprint density at radius 2 is 2.31 bits per heavy atom. The molecular formula is C8H15ClN4O2S. The first-order chi connectivity index (χ1) is 7.38. The van der Waals surface area contributed by atoms with Crippen LogP contribution in [0.2, 0.25) is 5.02 Å². The Morgan fingerprint density at radius 1 is 1.69 bits per heavy atom. The summed E-state index contributed by atoms with van der Waals surface area (Å²) in [6, 6.07) is -0.207. The largest absolute Gasteiger partial charge is 0.327 e. The van der Waals surface area contributed by atoms with Crippen LogP contribution in [0.15, 0.2) is 11.2 Å². The first kappa shape index (κ1) is 13.4. The molecule has 0 fully saturated rings. The zero-order valence-corrected chi connectivity index (χ0v) is 10.7. The lowest BCUT2D eigenvalue weighted by Gasteiger charge is -2.11. The summed E-state index contributed by atoms with van der Waals surface area (Å²) in [6.45, 7) is 2.07. The molecule has 1 unspecified atom stereocenters. The number of aromatic nitrogens is 2. The number of nitrogens with one attached hydrogen (secondary N) is 1. The molecule has 1 heterocycles. The molecule has 0 aliphatic carbocycles. The lowest BCUT2D eigenvalue weighted by atomic mass is 10.2. The summed E-state index contributed by atoms with van der Waals surface area (Å²) < 4.78 is 27.3. The SMILES string of the molecule is CCC(N)CNS(=O)(=O)c1c(Cl)cnn1C. The normalized spacial score (nSPS) is 14.0. The average molecular weight is 267 g/mol. The lowest BCUT2D eigenvalue weighted by molar-refractivity contribution is 0.549. The van der Waals surface area contributed by atoms with E-state index in [0.29, 0.717) is 6.42 Å². The first-order valence-electron chi connectivity index (χ1n) is 4.81. The Bertz CT molecular complexity index is 437. The van der Waals surface area contributed by atoms with Crippen LogP contribution in [0.5, 0.6) is 0 Å². The minimum Gasteiger partial charge on any atom is -0.327 e. The Hall–Kier alpha value is -0.630. The highest BCUT2D eigenvalue weighted by Crippen LogP contribution is 2.19. The van der Waals surface area contributed by atoms with E-state index in [1.54, 1.807) is 0 Å². The van der Waals surface area contributed by atoms with E-state index in [2.05, 4.69) is 9.82 Å². The van der Waals surface area contributed by atoms with E-state index >= 15 is 0 Å². The highest BCUT2D eigenvalue weighted by atomic mass is 35.5. The van der Waals surface area contributed by atoms with Crippen molar-refractivity contribution in [2.45, 2.75) is 24.4 Å². The summed E-state index contributed by atoms with van der Waals surface area (Å²) >= 11 is 5.75. The third kappa shape index (κ3) is 2.94. The molecule has 0 spiro atoms. The van der Waals surface area contributed by atoms with Gasteiger partial charge in [0.05, 0.1) is 11.2 Å². The molecule has 1 aromatic heterocycles. The molecule has 3 N–H and O–H groups in total. The lowest BCUT2D eigenvalue weighted by Crippen LogP contribution is -2.37. The highest BCUT2D eigenvalue weighted by molar-refractivity contribution is 7.89. The predicted molar refractivity (Wildman–Crippen MR) is 61.7 cm³/mol. The third-order valence-corrected chi connectivity index (χ3v) is 4.09. The fourth-order valence-corrected chi connectivity index (χ4v) is 2.88. The maximum absolute atomic E-state index is 11.8. The molecule has 1 rings (SSSR count). The Morgan fingerprint density at radius 3 is 2.75 bits per heavy atom. The molecule has 0 saturated heterocycles. The molecule has 0 aliphatic heterocycles. The van der Waals surface area contributed by atoms with Gasteiger partial charge in [0.1, 0.15) is 0 Å². The minimum absolute atomic E-state index is 0.0440.